The van der Waals surface area contributed by atoms with Crippen molar-refractivity contribution < 1.29 is 13.9 Å². The number of nitrogens with one attached hydrogen (secondary N) is 2. The second kappa shape index (κ2) is 6.84. The van der Waals surface area contributed by atoms with Gasteiger partial charge in [-0.3, -0.25) is 0 Å². The van der Waals surface area contributed by atoms with E-state index in [9.17, 15) is 4.79 Å². The van der Waals surface area contributed by atoms with Crippen molar-refractivity contribution in [1.82, 2.24) is 15.5 Å². The molecule has 0 radical (unpaired) electrons. The van der Waals surface area contributed by atoms with Gasteiger partial charge in [0, 0.05) is 29.8 Å². The number of benzene rings is 1. The minimum Gasteiger partial charge on any atom is -0.423 e. The lowest BCUT2D eigenvalue weighted by Gasteiger charge is -2.33. The van der Waals surface area contributed by atoms with Crippen LogP contribution in [-0.4, -0.2) is 35.0 Å². The van der Waals surface area contributed by atoms with Crippen LogP contribution in [0.2, 0.25) is 0 Å². The average molecular weight is 342 g/mol. The molecular formula is C18H22N4O3. The molecule has 1 aliphatic heterocycles. The van der Waals surface area contributed by atoms with Crippen molar-refractivity contribution in [2.45, 2.75) is 44.8 Å². The molecule has 0 bridgehead atoms. The molecule has 0 spiro atoms. The Labute approximate surface area is 146 Å². The number of nitrogens with zero attached hydrogens (tertiary/aromatic N) is 2. The first kappa shape index (κ1) is 16.1. The van der Waals surface area contributed by atoms with Gasteiger partial charge in [-0.2, -0.15) is 0 Å². The lowest BCUT2D eigenvalue weighted by Crippen LogP contribution is -2.47. The van der Waals surface area contributed by atoms with Crippen LogP contribution in [0.15, 0.2) is 29.0 Å². The second-order valence-corrected chi connectivity index (χ2v) is 6.77. The van der Waals surface area contributed by atoms with Crippen LogP contribution in [0.1, 0.15) is 31.2 Å². The summed E-state index contributed by atoms with van der Waals surface area (Å²) in [4.78, 5) is 12.5. The van der Waals surface area contributed by atoms with Gasteiger partial charge in [-0.1, -0.05) is 6.07 Å². The third-order valence-corrected chi connectivity index (χ3v) is 5.19. The highest BCUT2D eigenvalue weighted by atomic mass is 16.5. The van der Waals surface area contributed by atoms with Gasteiger partial charge in [0.15, 0.2) is 0 Å². The first-order chi connectivity index (χ1) is 12.2. The third kappa shape index (κ3) is 3.37. The van der Waals surface area contributed by atoms with Gasteiger partial charge < -0.3 is 19.8 Å². The Bertz CT molecular complexity index is 747. The molecule has 132 valence electrons. The molecule has 1 aromatic carbocycles. The van der Waals surface area contributed by atoms with Crippen LogP contribution in [0.5, 0.6) is 0 Å². The Morgan fingerprint density at radius 3 is 3.04 bits per heavy atom. The Balaban J connectivity index is 1.44. The zero-order chi connectivity index (χ0) is 17.2. The van der Waals surface area contributed by atoms with Gasteiger partial charge in [0.1, 0.15) is 0 Å². The monoisotopic (exact) mass is 342 g/mol. The molecule has 1 aliphatic carbocycles. The highest BCUT2D eigenvalue weighted by molar-refractivity contribution is 5.91. The lowest BCUT2D eigenvalue weighted by molar-refractivity contribution is 0.0553. The van der Waals surface area contributed by atoms with E-state index >= 15 is 0 Å². The van der Waals surface area contributed by atoms with Crippen molar-refractivity contribution in [2.24, 2.45) is 5.92 Å². The zero-order valence-corrected chi connectivity index (χ0v) is 14.2. The van der Waals surface area contributed by atoms with Gasteiger partial charge in [0.2, 0.25) is 12.3 Å². The van der Waals surface area contributed by atoms with E-state index in [0.717, 1.165) is 49.1 Å². The number of amides is 2. The molecule has 1 aromatic heterocycles. The molecular weight excluding hydrogens is 320 g/mol. The largest absolute Gasteiger partial charge is 0.423 e. The van der Waals surface area contributed by atoms with Gasteiger partial charge in [-0.05, 0) is 50.3 Å². The van der Waals surface area contributed by atoms with Crippen molar-refractivity contribution in [2.75, 3.05) is 11.9 Å². The fourth-order valence-electron chi connectivity index (χ4n) is 3.87. The first-order valence-electron chi connectivity index (χ1n) is 8.77. The van der Waals surface area contributed by atoms with Gasteiger partial charge in [-0.15, -0.1) is 10.2 Å². The Kier molecular flexibility index (Phi) is 4.40. The second-order valence-electron chi connectivity index (χ2n) is 6.77. The molecule has 2 heterocycles. The molecule has 1 saturated heterocycles. The molecule has 7 heteroatoms. The first-order valence-corrected chi connectivity index (χ1v) is 8.77. The molecule has 0 unspecified atom stereocenters. The SMILES string of the molecule is Cc1ccc(-c2nnco2)cc1NC(=O)N[C@@H]1CCC[C@@H]2OCC[C@H]21. The van der Waals surface area contributed by atoms with Crippen LogP contribution in [0.3, 0.4) is 0 Å². The minimum absolute atomic E-state index is 0.177. The maximum absolute atomic E-state index is 12.5. The van der Waals surface area contributed by atoms with Crippen molar-refractivity contribution in [3.05, 3.63) is 30.2 Å². The molecule has 2 N–H and O–H groups in total. The molecule has 25 heavy (non-hydrogen) atoms. The summed E-state index contributed by atoms with van der Waals surface area (Å²) in [5.41, 5.74) is 2.49. The summed E-state index contributed by atoms with van der Waals surface area (Å²) in [6, 6.07) is 5.68. The predicted molar refractivity (Wildman–Crippen MR) is 92.1 cm³/mol. The van der Waals surface area contributed by atoms with Crippen molar-refractivity contribution >= 4 is 11.7 Å². The Hall–Kier alpha value is -2.41. The fraction of sp³-hybridized carbons (Fsp3) is 0.500. The number of aryl methyl sites for hydroxylation is 1. The highest BCUT2D eigenvalue weighted by Gasteiger charge is 2.38. The van der Waals surface area contributed by atoms with Crippen molar-refractivity contribution in [1.29, 1.82) is 0 Å². The number of rotatable bonds is 3. The Morgan fingerprint density at radius 2 is 2.20 bits per heavy atom. The normalized spacial score (nSPS) is 25.4. The highest BCUT2D eigenvalue weighted by Crippen LogP contribution is 2.34. The summed E-state index contributed by atoms with van der Waals surface area (Å²) < 4.78 is 11.0. The third-order valence-electron chi connectivity index (χ3n) is 5.19. The van der Waals surface area contributed by atoms with E-state index in [-0.39, 0.29) is 12.1 Å². The topological polar surface area (TPSA) is 89.3 Å². The van der Waals surface area contributed by atoms with Crippen LogP contribution in [0.4, 0.5) is 10.5 Å². The summed E-state index contributed by atoms with van der Waals surface area (Å²) in [6.45, 7) is 2.76. The van der Waals surface area contributed by atoms with E-state index in [1.165, 1.54) is 6.39 Å². The summed E-state index contributed by atoms with van der Waals surface area (Å²) in [5, 5.41) is 13.7. The number of aromatic nitrogens is 2. The molecule has 2 aliphatic rings. The molecule has 2 amide bonds. The fourth-order valence-corrected chi connectivity index (χ4v) is 3.87. The molecule has 2 aromatic rings. The van der Waals surface area contributed by atoms with Gasteiger partial charge in [-0.25, -0.2) is 4.79 Å². The average Bonchev–Trinajstić information content (AvgIpc) is 3.28. The Morgan fingerprint density at radius 1 is 1.28 bits per heavy atom. The van der Waals surface area contributed by atoms with Gasteiger partial charge in [0.05, 0.1) is 6.10 Å². The van der Waals surface area contributed by atoms with Crippen LogP contribution in [-0.2, 0) is 4.74 Å². The summed E-state index contributed by atoms with van der Waals surface area (Å²) >= 11 is 0. The maximum atomic E-state index is 12.5. The standard InChI is InChI=1S/C18H22N4O3/c1-11-5-6-12(17-22-19-10-25-17)9-15(11)21-18(23)20-14-3-2-4-16-13(14)7-8-24-16/h5-6,9-10,13-14,16H,2-4,7-8H2,1H3,(H2,20,21,23)/t13-,14+,16-/m0/s1. The zero-order valence-electron chi connectivity index (χ0n) is 14.2. The summed E-state index contributed by atoms with van der Waals surface area (Å²) in [7, 11) is 0. The van der Waals surface area contributed by atoms with Crippen LogP contribution in [0.25, 0.3) is 11.5 Å². The molecule has 4 rings (SSSR count). The molecule has 2 fully saturated rings. The number of carbonyl (C=O) groups excluding carboxylic acids is 1. The summed E-state index contributed by atoms with van der Waals surface area (Å²) in [5.74, 6) is 0.868. The number of hydrogen-bond donors (Lipinski definition) is 2. The number of urea groups is 1. The van der Waals surface area contributed by atoms with Gasteiger partial charge in [0.25, 0.3) is 0 Å². The summed E-state index contributed by atoms with van der Waals surface area (Å²) in [6.07, 6.45) is 5.84. The van der Waals surface area contributed by atoms with Crippen LogP contribution >= 0.6 is 0 Å². The minimum atomic E-state index is -0.177. The van der Waals surface area contributed by atoms with E-state index in [1.807, 2.05) is 25.1 Å². The number of anilines is 1. The quantitative estimate of drug-likeness (QED) is 0.894. The predicted octanol–water partition coefficient (Wildman–Crippen LogP) is 3.12. The number of fused-ring (bicyclic) bond motifs is 1. The number of ether oxygens (including phenoxy) is 1. The molecule has 1 saturated carbocycles. The van der Waals surface area contributed by atoms with E-state index in [0.29, 0.717) is 17.9 Å². The number of hydrogen-bond acceptors (Lipinski definition) is 5. The number of carbonyl (C=O) groups is 1. The van der Waals surface area contributed by atoms with Gasteiger partial charge >= 0.3 is 6.03 Å². The van der Waals surface area contributed by atoms with Crippen LogP contribution in [0, 0.1) is 12.8 Å². The maximum Gasteiger partial charge on any atom is 0.319 e. The lowest BCUT2D eigenvalue weighted by atomic mass is 9.82. The van der Waals surface area contributed by atoms with E-state index in [4.69, 9.17) is 9.15 Å². The van der Waals surface area contributed by atoms with E-state index in [1.54, 1.807) is 0 Å². The van der Waals surface area contributed by atoms with E-state index in [2.05, 4.69) is 20.8 Å². The van der Waals surface area contributed by atoms with Crippen LogP contribution < -0.4 is 10.6 Å². The smallest absolute Gasteiger partial charge is 0.319 e. The molecule has 3 atom stereocenters. The molecule has 7 nitrogen and oxygen atoms in total. The van der Waals surface area contributed by atoms with E-state index < -0.39 is 0 Å². The van der Waals surface area contributed by atoms with Crippen molar-refractivity contribution in [3.8, 4) is 11.5 Å². The van der Waals surface area contributed by atoms with Crippen molar-refractivity contribution in [3.63, 3.8) is 0 Å².